The predicted molar refractivity (Wildman–Crippen MR) is 122 cm³/mol. The van der Waals surface area contributed by atoms with Gasteiger partial charge in [0.05, 0.1) is 26.9 Å². The fraction of sp³-hybridized carbons (Fsp3) is 0.208. The van der Waals surface area contributed by atoms with E-state index in [0.717, 1.165) is 11.1 Å². The molecule has 168 valence electrons. The minimum absolute atomic E-state index is 0.0289. The Morgan fingerprint density at radius 3 is 2.36 bits per heavy atom. The molecule has 2 aromatic carbocycles. The van der Waals surface area contributed by atoms with Gasteiger partial charge in [-0.3, -0.25) is 9.78 Å². The monoisotopic (exact) mass is 484 g/mol. The first-order valence-electron chi connectivity index (χ1n) is 10.3. The van der Waals surface area contributed by atoms with Crippen LogP contribution in [0.3, 0.4) is 0 Å². The van der Waals surface area contributed by atoms with E-state index in [9.17, 15) is 14.7 Å². The molecule has 3 aromatic rings. The third-order valence-corrected chi connectivity index (χ3v) is 6.50. The van der Waals surface area contributed by atoms with Crippen molar-refractivity contribution in [2.45, 2.75) is 12.5 Å². The van der Waals surface area contributed by atoms with E-state index in [-0.39, 0.29) is 21.2 Å². The standard InChI is InChI=1S/C24H18Cl2N2O5/c25-17-10-15(16(24(30)31)11-18(17)26)23(29)28-6-4-13-9-20-21(33-8-7-32-20)12-14(13)22(28)19-3-1-2-5-27-19/h1-3,5,9-12,22H,4,6-8H2,(H,30,31). The minimum atomic E-state index is -1.26. The summed E-state index contributed by atoms with van der Waals surface area (Å²) in [6.07, 6.45) is 2.22. The lowest BCUT2D eigenvalue weighted by atomic mass is 9.88. The van der Waals surface area contributed by atoms with Gasteiger partial charge >= 0.3 is 5.97 Å². The van der Waals surface area contributed by atoms with Crippen LogP contribution in [0.1, 0.15) is 43.6 Å². The summed E-state index contributed by atoms with van der Waals surface area (Å²) in [7, 11) is 0. The predicted octanol–water partition coefficient (Wildman–Crippen LogP) is 4.65. The van der Waals surface area contributed by atoms with Gasteiger partial charge in [0.1, 0.15) is 19.3 Å². The fourth-order valence-corrected chi connectivity index (χ4v) is 4.61. The number of nitrogens with zero attached hydrogens (tertiary/aromatic N) is 2. The molecule has 1 unspecified atom stereocenters. The van der Waals surface area contributed by atoms with Gasteiger partial charge in [0.25, 0.3) is 5.91 Å². The number of rotatable bonds is 3. The van der Waals surface area contributed by atoms with Crippen molar-refractivity contribution < 1.29 is 24.2 Å². The molecule has 33 heavy (non-hydrogen) atoms. The van der Waals surface area contributed by atoms with E-state index in [1.165, 1.54) is 12.1 Å². The normalized spacial score (nSPS) is 16.8. The molecule has 0 radical (unpaired) electrons. The summed E-state index contributed by atoms with van der Waals surface area (Å²) in [5.41, 5.74) is 2.29. The molecule has 2 aliphatic heterocycles. The van der Waals surface area contributed by atoms with Crippen molar-refractivity contribution >= 4 is 35.1 Å². The second-order valence-electron chi connectivity index (χ2n) is 7.72. The molecular weight excluding hydrogens is 467 g/mol. The van der Waals surface area contributed by atoms with Crippen LogP contribution in [0.15, 0.2) is 48.7 Å². The quantitative estimate of drug-likeness (QED) is 0.582. The van der Waals surface area contributed by atoms with Gasteiger partial charge in [-0.05, 0) is 53.9 Å². The second kappa shape index (κ2) is 8.57. The first-order chi connectivity index (χ1) is 15.9. The van der Waals surface area contributed by atoms with Gasteiger partial charge in [-0.15, -0.1) is 0 Å². The lowest BCUT2D eigenvalue weighted by Crippen LogP contribution is -2.41. The van der Waals surface area contributed by atoms with Crippen molar-refractivity contribution in [2.75, 3.05) is 19.8 Å². The van der Waals surface area contributed by atoms with Crippen molar-refractivity contribution in [1.82, 2.24) is 9.88 Å². The molecule has 0 fully saturated rings. The maximum Gasteiger partial charge on any atom is 0.336 e. The zero-order valence-corrected chi connectivity index (χ0v) is 18.8. The van der Waals surface area contributed by atoms with Crippen LogP contribution in [0.25, 0.3) is 0 Å². The van der Waals surface area contributed by atoms with E-state index in [1.807, 2.05) is 24.3 Å². The van der Waals surface area contributed by atoms with E-state index in [2.05, 4.69) is 4.98 Å². The highest BCUT2D eigenvalue weighted by atomic mass is 35.5. The average molecular weight is 485 g/mol. The number of carbonyl (C=O) groups is 2. The van der Waals surface area contributed by atoms with Gasteiger partial charge < -0.3 is 19.5 Å². The van der Waals surface area contributed by atoms with E-state index in [4.69, 9.17) is 32.7 Å². The average Bonchev–Trinajstić information content (AvgIpc) is 2.83. The zero-order valence-electron chi connectivity index (χ0n) is 17.3. The highest BCUT2D eigenvalue weighted by Crippen LogP contribution is 2.42. The number of hydrogen-bond acceptors (Lipinski definition) is 5. The molecular formula is C24H18Cl2N2O5. The Kier molecular flexibility index (Phi) is 5.60. The molecule has 1 amide bonds. The van der Waals surface area contributed by atoms with Crippen molar-refractivity contribution in [3.8, 4) is 11.5 Å². The van der Waals surface area contributed by atoms with Crippen LogP contribution in [0.4, 0.5) is 0 Å². The number of amides is 1. The lowest BCUT2D eigenvalue weighted by Gasteiger charge is -2.38. The number of aromatic carboxylic acids is 1. The second-order valence-corrected chi connectivity index (χ2v) is 8.53. The number of fused-ring (bicyclic) bond motifs is 2. The molecule has 0 aliphatic carbocycles. The molecule has 0 saturated heterocycles. The molecule has 2 aliphatic rings. The summed E-state index contributed by atoms with van der Waals surface area (Å²) in [6, 6.07) is 11.3. The molecule has 0 spiro atoms. The van der Waals surface area contributed by atoms with Crippen LogP contribution in [0.2, 0.25) is 10.0 Å². The lowest BCUT2D eigenvalue weighted by molar-refractivity contribution is 0.0651. The molecule has 7 nitrogen and oxygen atoms in total. The summed E-state index contributed by atoms with van der Waals surface area (Å²) in [6.45, 7) is 1.27. The van der Waals surface area contributed by atoms with Crippen LogP contribution in [0.5, 0.6) is 11.5 Å². The van der Waals surface area contributed by atoms with Crippen molar-refractivity contribution in [1.29, 1.82) is 0 Å². The number of carboxylic acid groups (broad SMARTS) is 1. The number of benzene rings is 2. The highest BCUT2D eigenvalue weighted by molar-refractivity contribution is 6.42. The maximum absolute atomic E-state index is 13.7. The van der Waals surface area contributed by atoms with Gasteiger partial charge in [0.15, 0.2) is 11.5 Å². The molecule has 1 atom stereocenters. The first-order valence-corrected chi connectivity index (χ1v) is 11.1. The van der Waals surface area contributed by atoms with Crippen molar-refractivity contribution in [2.24, 2.45) is 0 Å². The van der Waals surface area contributed by atoms with Crippen LogP contribution < -0.4 is 9.47 Å². The summed E-state index contributed by atoms with van der Waals surface area (Å²) >= 11 is 12.2. The van der Waals surface area contributed by atoms with E-state index in [0.29, 0.717) is 43.4 Å². The van der Waals surface area contributed by atoms with Gasteiger partial charge in [0.2, 0.25) is 0 Å². The Balaban J connectivity index is 1.65. The van der Waals surface area contributed by atoms with Crippen LogP contribution >= 0.6 is 23.2 Å². The number of ether oxygens (including phenoxy) is 2. The number of carboxylic acids is 1. The Morgan fingerprint density at radius 2 is 1.70 bits per heavy atom. The van der Waals surface area contributed by atoms with Gasteiger partial charge in [-0.1, -0.05) is 29.3 Å². The molecule has 1 N–H and O–H groups in total. The first kappa shape index (κ1) is 21.6. The fourth-order valence-electron chi connectivity index (χ4n) is 4.29. The van der Waals surface area contributed by atoms with Gasteiger partial charge in [-0.25, -0.2) is 4.79 Å². The number of carbonyl (C=O) groups excluding carboxylic acids is 1. The zero-order chi connectivity index (χ0) is 23.1. The number of pyridine rings is 1. The van der Waals surface area contributed by atoms with Crippen LogP contribution in [-0.4, -0.2) is 46.6 Å². The molecule has 9 heteroatoms. The van der Waals surface area contributed by atoms with Gasteiger partial charge in [0, 0.05) is 12.7 Å². The summed E-state index contributed by atoms with van der Waals surface area (Å²) < 4.78 is 11.5. The Hall–Kier alpha value is -3.29. The maximum atomic E-state index is 13.7. The third kappa shape index (κ3) is 3.87. The molecule has 0 saturated carbocycles. The highest BCUT2D eigenvalue weighted by Gasteiger charge is 2.36. The van der Waals surface area contributed by atoms with E-state index >= 15 is 0 Å². The molecule has 1 aromatic heterocycles. The van der Waals surface area contributed by atoms with Crippen molar-refractivity contribution in [3.05, 3.63) is 86.7 Å². The van der Waals surface area contributed by atoms with Crippen LogP contribution in [0, 0.1) is 0 Å². The van der Waals surface area contributed by atoms with Crippen molar-refractivity contribution in [3.63, 3.8) is 0 Å². The largest absolute Gasteiger partial charge is 0.486 e. The third-order valence-electron chi connectivity index (χ3n) is 5.78. The summed E-state index contributed by atoms with van der Waals surface area (Å²) in [5.74, 6) is -0.446. The SMILES string of the molecule is O=C(O)c1cc(Cl)c(Cl)cc1C(=O)N1CCc2cc3c(cc2C1c1ccccn1)OCCO3. The smallest absolute Gasteiger partial charge is 0.336 e. The van der Waals surface area contributed by atoms with E-state index < -0.39 is 17.9 Å². The Labute approximate surface area is 199 Å². The van der Waals surface area contributed by atoms with E-state index in [1.54, 1.807) is 17.2 Å². The Bertz CT molecular complexity index is 1270. The molecule has 3 heterocycles. The summed E-state index contributed by atoms with van der Waals surface area (Å²) in [5, 5.41) is 9.86. The van der Waals surface area contributed by atoms with Gasteiger partial charge in [-0.2, -0.15) is 0 Å². The van der Waals surface area contributed by atoms with Crippen LogP contribution in [-0.2, 0) is 6.42 Å². The molecule has 5 rings (SSSR count). The number of halogens is 2. The number of aromatic nitrogens is 1. The summed E-state index contributed by atoms with van der Waals surface area (Å²) in [4.78, 5) is 31.7. The molecule has 0 bridgehead atoms. The number of hydrogen-bond donors (Lipinski definition) is 1. The topological polar surface area (TPSA) is 89.0 Å². The Morgan fingerprint density at radius 1 is 1.00 bits per heavy atom. The minimum Gasteiger partial charge on any atom is -0.486 e.